The third-order valence-corrected chi connectivity index (χ3v) is 2.55. The van der Waals surface area contributed by atoms with Gasteiger partial charge in [0, 0.05) is 6.61 Å². The first kappa shape index (κ1) is 12.5. The van der Waals surface area contributed by atoms with Crippen LogP contribution in [0.4, 0.5) is 0 Å². The first-order valence-corrected chi connectivity index (χ1v) is 5.17. The number of aliphatic carboxylic acids is 1. The molecule has 0 spiro atoms. The highest BCUT2D eigenvalue weighted by molar-refractivity contribution is 7.52. The molecular weight excluding hydrogens is 201 g/mol. The predicted octanol–water partition coefficient (Wildman–Crippen LogP) is -1.45. The van der Waals surface area contributed by atoms with Gasteiger partial charge in [-0.2, -0.15) is 0 Å². The molecular formula is C5H12NO6P. The second-order valence-electron chi connectivity index (χ2n) is 2.39. The van der Waals surface area contributed by atoms with E-state index in [2.05, 4.69) is 5.32 Å². The van der Waals surface area contributed by atoms with E-state index in [0.717, 1.165) is 0 Å². The number of hydrogen-bond donors (Lipinski definition) is 5. The fraction of sp³-hybridized carbons (Fsp3) is 0.800. The summed E-state index contributed by atoms with van der Waals surface area (Å²) in [6, 6.07) is 0. The molecule has 0 aromatic carbocycles. The molecule has 0 heterocycles. The Morgan fingerprint density at radius 3 is 2.31 bits per heavy atom. The van der Waals surface area contributed by atoms with Crippen molar-refractivity contribution in [2.75, 3.05) is 13.2 Å². The van der Waals surface area contributed by atoms with Gasteiger partial charge < -0.3 is 20.0 Å². The highest BCUT2D eigenvalue weighted by Gasteiger charge is 2.27. The van der Waals surface area contributed by atoms with Crippen LogP contribution < -0.4 is 5.32 Å². The van der Waals surface area contributed by atoms with Crippen LogP contribution >= 0.6 is 7.60 Å². The number of hydrogen-bond acceptors (Lipinski definition) is 4. The van der Waals surface area contributed by atoms with Crippen LogP contribution in [0.2, 0.25) is 0 Å². The van der Waals surface area contributed by atoms with Gasteiger partial charge >= 0.3 is 13.6 Å². The molecule has 8 heteroatoms. The first-order valence-electron chi connectivity index (χ1n) is 3.49. The van der Waals surface area contributed by atoms with Gasteiger partial charge in [-0.1, -0.05) is 0 Å². The minimum Gasteiger partial charge on any atom is -0.480 e. The zero-order valence-corrected chi connectivity index (χ0v) is 7.65. The molecule has 0 saturated heterocycles. The van der Waals surface area contributed by atoms with Crippen molar-refractivity contribution in [3.05, 3.63) is 0 Å². The van der Waals surface area contributed by atoms with E-state index in [9.17, 15) is 9.36 Å². The van der Waals surface area contributed by atoms with E-state index in [-0.39, 0.29) is 6.42 Å². The fourth-order valence-corrected chi connectivity index (χ4v) is 1.50. The molecule has 78 valence electrons. The second kappa shape index (κ2) is 5.31. The van der Waals surface area contributed by atoms with Crippen molar-refractivity contribution in [1.82, 2.24) is 5.32 Å². The van der Waals surface area contributed by atoms with Crippen LogP contribution in [0.5, 0.6) is 0 Å². The first-order chi connectivity index (χ1) is 5.88. The maximum Gasteiger partial charge on any atom is 0.342 e. The molecule has 0 saturated carbocycles. The highest BCUT2D eigenvalue weighted by atomic mass is 31.2. The molecule has 0 aliphatic rings. The molecule has 0 aromatic heterocycles. The van der Waals surface area contributed by atoms with Crippen LogP contribution in [0.3, 0.4) is 0 Å². The van der Waals surface area contributed by atoms with Crippen LogP contribution in [0.1, 0.15) is 6.42 Å². The normalized spacial score (nSPS) is 14.1. The van der Waals surface area contributed by atoms with Gasteiger partial charge in [0.1, 0.15) is 5.78 Å². The Hall–Kier alpha value is -0.460. The maximum atomic E-state index is 10.7. The van der Waals surface area contributed by atoms with Gasteiger partial charge in [0.25, 0.3) is 0 Å². The molecule has 0 bridgehead atoms. The van der Waals surface area contributed by atoms with E-state index in [1.54, 1.807) is 0 Å². The van der Waals surface area contributed by atoms with Crippen LogP contribution in [0, 0.1) is 0 Å². The monoisotopic (exact) mass is 213 g/mol. The Bertz CT molecular complexity index is 213. The van der Waals surface area contributed by atoms with Crippen molar-refractivity contribution >= 4 is 13.6 Å². The second-order valence-corrected chi connectivity index (χ2v) is 4.19. The molecule has 1 atom stereocenters. The summed E-state index contributed by atoms with van der Waals surface area (Å²) < 4.78 is 10.7. The van der Waals surface area contributed by atoms with E-state index in [1.165, 1.54) is 0 Å². The number of rotatable bonds is 6. The SMILES string of the molecule is O=C(O)CNC(CCO)P(=O)(O)O. The number of carboxylic acids is 1. The fourth-order valence-electron chi connectivity index (χ4n) is 0.717. The van der Waals surface area contributed by atoms with Crippen molar-refractivity contribution in [1.29, 1.82) is 0 Å². The summed E-state index contributed by atoms with van der Waals surface area (Å²) in [6.07, 6.45) is -0.183. The van der Waals surface area contributed by atoms with Crippen molar-refractivity contribution in [2.45, 2.75) is 12.2 Å². The summed E-state index contributed by atoms with van der Waals surface area (Å²) in [5.74, 6) is -2.51. The molecule has 5 N–H and O–H groups in total. The lowest BCUT2D eigenvalue weighted by atomic mass is 10.4. The van der Waals surface area contributed by atoms with E-state index < -0.39 is 32.5 Å². The minimum atomic E-state index is -4.38. The molecule has 0 aromatic rings. The van der Waals surface area contributed by atoms with Crippen molar-refractivity contribution in [3.63, 3.8) is 0 Å². The van der Waals surface area contributed by atoms with Crippen LogP contribution in [0.15, 0.2) is 0 Å². The van der Waals surface area contributed by atoms with Gasteiger partial charge in [0.2, 0.25) is 0 Å². The molecule has 0 aliphatic carbocycles. The highest BCUT2D eigenvalue weighted by Crippen LogP contribution is 2.40. The number of carboxylic acid groups (broad SMARTS) is 1. The molecule has 0 fully saturated rings. The standard InChI is InChI=1S/C5H12NO6P/c7-2-1-4(13(10,11)12)6-3-5(8)9/h4,6-7H,1-3H2,(H,8,9)(H2,10,11,12). The summed E-state index contributed by atoms with van der Waals surface area (Å²) in [6.45, 7) is -0.960. The summed E-state index contributed by atoms with van der Waals surface area (Å²) in [7, 11) is -4.38. The Kier molecular flexibility index (Phi) is 5.12. The average Bonchev–Trinajstić information content (AvgIpc) is 1.95. The lowest BCUT2D eigenvalue weighted by Crippen LogP contribution is -2.34. The van der Waals surface area contributed by atoms with Crippen molar-refractivity contribution in [2.24, 2.45) is 0 Å². The van der Waals surface area contributed by atoms with E-state index in [0.29, 0.717) is 0 Å². The maximum absolute atomic E-state index is 10.7. The molecule has 13 heavy (non-hydrogen) atoms. The number of carbonyl (C=O) groups is 1. The van der Waals surface area contributed by atoms with Gasteiger partial charge in [0.15, 0.2) is 0 Å². The summed E-state index contributed by atoms with van der Waals surface area (Å²) >= 11 is 0. The smallest absolute Gasteiger partial charge is 0.342 e. The summed E-state index contributed by atoms with van der Waals surface area (Å²) in [5, 5.41) is 18.8. The zero-order chi connectivity index (χ0) is 10.5. The molecule has 0 radical (unpaired) electrons. The quantitative estimate of drug-likeness (QED) is 0.341. The summed E-state index contributed by atoms with van der Waals surface area (Å²) in [4.78, 5) is 27.4. The van der Waals surface area contributed by atoms with Crippen molar-refractivity contribution < 1.29 is 29.4 Å². The molecule has 1 unspecified atom stereocenters. The largest absolute Gasteiger partial charge is 0.480 e. The van der Waals surface area contributed by atoms with Crippen LogP contribution in [-0.2, 0) is 9.36 Å². The van der Waals surface area contributed by atoms with Crippen LogP contribution in [0.25, 0.3) is 0 Å². The Balaban J connectivity index is 4.11. The van der Waals surface area contributed by atoms with E-state index >= 15 is 0 Å². The molecule has 0 aliphatic heterocycles. The Morgan fingerprint density at radius 2 is 2.00 bits per heavy atom. The molecule has 7 nitrogen and oxygen atoms in total. The van der Waals surface area contributed by atoms with E-state index in [4.69, 9.17) is 20.0 Å². The predicted molar refractivity (Wildman–Crippen MR) is 43.2 cm³/mol. The van der Waals surface area contributed by atoms with E-state index in [1.807, 2.05) is 0 Å². The van der Waals surface area contributed by atoms with Crippen molar-refractivity contribution in [3.8, 4) is 0 Å². The number of aliphatic hydroxyl groups excluding tert-OH is 1. The Morgan fingerprint density at radius 1 is 1.46 bits per heavy atom. The third-order valence-electron chi connectivity index (χ3n) is 1.30. The van der Waals surface area contributed by atoms with Gasteiger partial charge in [-0.3, -0.25) is 14.7 Å². The zero-order valence-electron chi connectivity index (χ0n) is 6.75. The van der Waals surface area contributed by atoms with Crippen LogP contribution in [-0.4, -0.2) is 44.9 Å². The Labute approximate surface area is 74.6 Å². The third kappa shape index (κ3) is 5.73. The minimum absolute atomic E-state index is 0.183. The average molecular weight is 213 g/mol. The summed E-state index contributed by atoms with van der Waals surface area (Å²) in [5.41, 5.74) is 0. The number of nitrogens with one attached hydrogen (secondary N) is 1. The van der Waals surface area contributed by atoms with Gasteiger partial charge in [-0.25, -0.2) is 0 Å². The lowest BCUT2D eigenvalue weighted by Gasteiger charge is -2.17. The topological polar surface area (TPSA) is 127 Å². The lowest BCUT2D eigenvalue weighted by molar-refractivity contribution is -0.136. The van der Waals surface area contributed by atoms with Gasteiger partial charge in [0.05, 0.1) is 6.54 Å². The number of aliphatic hydroxyl groups is 1. The van der Waals surface area contributed by atoms with Gasteiger partial charge in [-0.05, 0) is 6.42 Å². The molecule has 0 rings (SSSR count). The van der Waals surface area contributed by atoms with Gasteiger partial charge in [-0.15, -0.1) is 0 Å². The molecule has 0 amide bonds.